The first-order valence-corrected chi connectivity index (χ1v) is 8.27. The number of nitrogens with zero attached hydrogens (tertiary/aromatic N) is 2. The van der Waals surface area contributed by atoms with E-state index >= 15 is 0 Å². The van der Waals surface area contributed by atoms with Crippen molar-refractivity contribution >= 4 is 21.4 Å². The number of rotatable bonds is 1. The SMILES string of the molecule is Cc1sc2ccccc2c2nn(-c3ccc(C(F)(F)F)cc3)c(=O)c1-2. The molecule has 0 saturated carbocycles. The van der Waals surface area contributed by atoms with Gasteiger partial charge in [0.15, 0.2) is 0 Å². The lowest BCUT2D eigenvalue weighted by Gasteiger charge is -2.07. The molecule has 3 nitrogen and oxygen atoms in total. The zero-order valence-electron chi connectivity index (χ0n) is 13.0. The van der Waals surface area contributed by atoms with Crippen molar-refractivity contribution in [3.05, 3.63) is 69.3 Å². The molecule has 2 aromatic carbocycles. The van der Waals surface area contributed by atoms with Crippen LogP contribution < -0.4 is 5.56 Å². The van der Waals surface area contributed by atoms with Gasteiger partial charge < -0.3 is 0 Å². The van der Waals surface area contributed by atoms with E-state index in [1.165, 1.54) is 23.5 Å². The normalized spacial score (nSPS) is 12.2. The number of aryl methyl sites for hydroxylation is 1. The van der Waals surface area contributed by atoms with Crippen LogP contribution >= 0.6 is 11.3 Å². The lowest BCUT2D eigenvalue weighted by Crippen LogP contribution is -2.15. The Labute approximate surface area is 144 Å². The van der Waals surface area contributed by atoms with Crippen molar-refractivity contribution in [3.63, 3.8) is 0 Å². The molecule has 25 heavy (non-hydrogen) atoms. The summed E-state index contributed by atoms with van der Waals surface area (Å²) in [6.45, 7) is 1.85. The van der Waals surface area contributed by atoms with Crippen molar-refractivity contribution < 1.29 is 13.2 Å². The molecule has 0 saturated heterocycles. The number of hydrogen-bond acceptors (Lipinski definition) is 3. The van der Waals surface area contributed by atoms with Gasteiger partial charge in [-0.1, -0.05) is 18.2 Å². The first kappa shape index (κ1) is 15.8. The molecular weight excluding hydrogens is 349 g/mol. The summed E-state index contributed by atoms with van der Waals surface area (Å²) in [4.78, 5) is 13.6. The zero-order valence-corrected chi connectivity index (χ0v) is 13.8. The molecule has 0 radical (unpaired) electrons. The summed E-state index contributed by atoms with van der Waals surface area (Å²) in [5.41, 5.74) is 0.293. The van der Waals surface area contributed by atoms with E-state index in [2.05, 4.69) is 5.10 Å². The molecule has 0 bridgehead atoms. The summed E-state index contributed by atoms with van der Waals surface area (Å²) in [5.74, 6) is 0. The van der Waals surface area contributed by atoms with E-state index in [-0.39, 0.29) is 5.56 Å². The third-order valence-electron chi connectivity index (χ3n) is 4.04. The summed E-state index contributed by atoms with van der Waals surface area (Å²) in [6, 6.07) is 12.0. The fourth-order valence-corrected chi connectivity index (χ4v) is 3.88. The Morgan fingerprint density at radius 2 is 1.72 bits per heavy atom. The van der Waals surface area contributed by atoms with Gasteiger partial charge in [0.25, 0.3) is 5.56 Å². The molecule has 0 spiro atoms. The minimum Gasteiger partial charge on any atom is -0.267 e. The number of fused-ring (bicyclic) bond motifs is 3. The smallest absolute Gasteiger partial charge is 0.267 e. The van der Waals surface area contributed by atoms with Gasteiger partial charge in [-0.3, -0.25) is 4.79 Å². The Balaban J connectivity index is 1.96. The number of halogens is 3. The molecule has 4 rings (SSSR count). The highest BCUT2D eigenvalue weighted by Gasteiger charge is 2.30. The molecule has 0 amide bonds. The Hall–Kier alpha value is -2.67. The molecule has 2 heterocycles. The van der Waals surface area contributed by atoms with Gasteiger partial charge in [0.2, 0.25) is 0 Å². The van der Waals surface area contributed by atoms with Crippen LogP contribution in [0.3, 0.4) is 0 Å². The predicted octanol–water partition coefficient (Wildman–Crippen LogP) is 4.88. The minimum atomic E-state index is -4.41. The number of alkyl halides is 3. The largest absolute Gasteiger partial charge is 0.416 e. The van der Waals surface area contributed by atoms with Crippen molar-refractivity contribution in [1.82, 2.24) is 9.78 Å². The van der Waals surface area contributed by atoms with Gasteiger partial charge in [-0.2, -0.15) is 23.0 Å². The van der Waals surface area contributed by atoms with Crippen LogP contribution in [-0.4, -0.2) is 9.78 Å². The third kappa shape index (κ3) is 2.51. The number of aromatic nitrogens is 2. The summed E-state index contributed by atoms with van der Waals surface area (Å²) in [6.07, 6.45) is -4.41. The second-order valence-electron chi connectivity index (χ2n) is 5.64. The van der Waals surface area contributed by atoms with Crippen molar-refractivity contribution in [1.29, 1.82) is 0 Å². The van der Waals surface area contributed by atoms with Crippen molar-refractivity contribution in [2.45, 2.75) is 13.1 Å². The number of hydrogen-bond donors (Lipinski definition) is 0. The second kappa shape index (κ2) is 5.42. The molecule has 0 fully saturated rings. The van der Waals surface area contributed by atoms with E-state index in [1.54, 1.807) is 0 Å². The molecule has 0 unspecified atom stereocenters. The first-order valence-electron chi connectivity index (χ1n) is 7.45. The molecule has 2 aliphatic rings. The number of benzene rings is 2. The third-order valence-corrected chi connectivity index (χ3v) is 5.13. The topological polar surface area (TPSA) is 34.9 Å². The van der Waals surface area contributed by atoms with E-state index in [4.69, 9.17) is 0 Å². The van der Waals surface area contributed by atoms with Crippen LogP contribution in [0.15, 0.2) is 53.3 Å². The Morgan fingerprint density at radius 3 is 2.40 bits per heavy atom. The molecule has 0 aromatic heterocycles. The summed E-state index contributed by atoms with van der Waals surface area (Å²) < 4.78 is 40.3. The predicted molar refractivity (Wildman–Crippen MR) is 91.6 cm³/mol. The minimum absolute atomic E-state index is 0.308. The van der Waals surface area contributed by atoms with Crippen LogP contribution in [-0.2, 0) is 6.18 Å². The maximum absolute atomic E-state index is 12.8. The van der Waals surface area contributed by atoms with Crippen molar-refractivity contribution in [2.24, 2.45) is 0 Å². The van der Waals surface area contributed by atoms with Crippen molar-refractivity contribution in [2.75, 3.05) is 0 Å². The molecule has 0 atom stereocenters. The Morgan fingerprint density at radius 1 is 1.04 bits per heavy atom. The van der Waals surface area contributed by atoms with Gasteiger partial charge in [0.05, 0.1) is 16.8 Å². The van der Waals surface area contributed by atoms with E-state index in [0.29, 0.717) is 16.9 Å². The average molecular weight is 360 g/mol. The highest BCUT2D eigenvalue weighted by atomic mass is 32.1. The monoisotopic (exact) mass is 360 g/mol. The lowest BCUT2D eigenvalue weighted by atomic mass is 10.1. The molecular formula is C18H11F3N2OS. The summed E-state index contributed by atoms with van der Waals surface area (Å²) in [7, 11) is 0. The van der Waals surface area contributed by atoms with Crippen molar-refractivity contribution in [3.8, 4) is 16.9 Å². The van der Waals surface area contributed by atoms with Gasteiger partial charge in [0.1, 0.15) is 5.69 Å². The summed E-state index contributed by atoms with van der Waals surface area (Å²) >= 11 is 1.50. The molecule has 2 aromatic rings. The molecule has 0 aliphatic carbocycles. The zero-order chi connectivity index (χ0) is 17.8. The summed E-state index contributed by atoms with van der Waals surface area (Å²) in [5, 5.41) is 5.25. The molecule has 2 aliphatic heterocycles. The second-order valence-corrected chi connectivity index (χ2v) is 6.90. The van der Waals surface area contributed by atoms with Gasteiger partial charge in [-0.05, 0) is 37.3 Å². The fraction of sp³-hybridized carbons (Fsp3) is 0.111. The van der Waals surface area contributed by atoms with Crippen LogP contribution in [0.5, 0.6) is 0 Å². The molecule has 0 N–H and O–H groups in total. The van der Waals surface area contributed by atoms with E-state index in [0.717, 1.165) is 31.8 Å². The van der Waals surface area contributed by atoms with Crippen LogP contribution in [0.25, 0.3) is 27.0 Å². The van der Waals surface area contributed by atoms with Crippen LogP contribution in [0.1, 0.15) is 10.4 Å². The highest BCUT2D eigenvalue weighted by molar-refractivity contribution is 7.18. The maximum atomic E-state index is 12.8. The van der Waals surface area contributed by atoms with E-state index < -0.39 is 11.7 Å². The first-order chi connectivity index (χ1) is 11.9. The van der Waals surface area contributed by atoms with Gasteiger partial charge in [0, 0.05) is 15.0 Å². The van der Waals surface area contributed by atoms with Crippen LogP contribution in [0, 0.1) is 6.92 Å². The standard InChI is InChI=1S/C18H11F3N2OS/c1-10-15-16(13-4-2-3-5-14(13)25-10)22-23(17(15)24)12-8-6-11(7-9-12)18(19,20)21/h2-9H,1H3. The van der Waals surface area contributed by atoms with E-state index in [9.17, 15) is 18.0 Å². The fourth-order valence-electron chi connectivity index (χ4n) is 2.84. The van der Waals surface area contributed by atoms with Gasteiger partial charge in [-0.25, -0.2) is 0 Å². The Bertz CT molecular complexity index is 1110. The molecule has 7 heteroatoms. The van der Waals surface area contributed by atoms with Crippen LogP contribution in [0.4, 0.5) is 13.2 Å². The lowest BCUT2D eigenvalue weighted by molar-refractivity contribution is -0.137. The van der Waals surface area contributed by atoms with Gasteiger partial charge >= 0.3 is 6.18 Å². The quantitative estimate of drug-likeness (QED) is 0.485. The maximum Gasteiger partial charge on any atom is 0.416 e. The van der Waals surface area contributed by atoms with Gasteiger partial charge in [-0.15, -0.1) is 11.3 Å². The highest BCUT2D eigenvalue weighted by Crippen LogP contribution is 2.35. The average Bonchev–Trinajstić information content (AvgIpc) is 2.93. The molecule has 126 valence electrons. The Kier molecular flexibility index (Phi) is 3.43. The van der Waals surface area contributed by atoms with Crippen LogP contribution in [0.2, 0.25) is 0 Å². The van der Waals surface area contributed by atoms with E-state index in [1.807, 2.05) is 31.2 Å².